The third-order valence-electron chi connectivity index (χ3n) is 2.97. The summed E-state index contributed by atoms with van der Waals surface area (Å²) in [6.07, 6.45) is 2.45. The number of H-pyrrole nitrogens is 1. The van der Waals surface area contributed by atoms with Crippen LogP contribution in [0.15, 0.2) is 26.0 Å². The van der Waals surface area contributed by atoms with Crippen LogP contribution in [-0.4, -0.2) is 21.5 Å². The van der Waals surface area contributed by atoms with Crippen molar-refractivity contribution in [1.29, 1.82) is 0 Å². The zero-order valence-corrected chi connectivity index (χ0v) is 13.0. The molecule has 0 unspecified atom stereocenters. The maximum atomic E-state index is 12.0. The van der Waals surface area contributed by atoms with Gasteiger partial charge in [-0.25, -0.2) is 4.98 Å². The molecule has 7 heteroatoms. The number of hydrogen-bond donors (Lipinski definition) is 2. The van der Waals surface area contributed by atoms with E-state index in [1.54, 1.807) is 6.20 Å². The van der Waals surface area contributed by atoms with E-state index in [-0.39, 0.29) is 5.56 Å². The second-order valence-electron chi connectivity index (χ2n) is 4.25. The first-order valence-electron chi connectivity index (χ1n) is 5.79. The Labute approximate surface area is 126 Å². The van der Waals surface area contributed by atoms with Crippen molar-refractivity contribution in [1.82, 2.24) is 20.3 Å². The van der Waals surface area contributed by atoms with Crippen LogP contribution in [0.2, 0.25) is 0 Å². The lowest BCUT2D eigenvalue weighted by Crippen LogP contribution is -2.31. The average molecular weight is 386 g/mol. The summed E-state index contributed by atoms with van der Waals surface area (Å²) in [6, 6.07) is 1.88. The second kappa shape index (κ2) is 5.15. The molecule has 0 amide bonds. The number of hydrogen-bond acceptors (Lipinski definition) is 4. The standard InChI is InChI=1S/C12H10Br2N4O/c13-6-3-8(14)10(16-4-6)11-17-9-1-2-15-5-7(9)12(19)18-11/h3-4,15H,1-2,5H2,(H,17,18,19). The summed E-state index contributed by atoms with van der Waals surface area (Å²) in [7, 11) is 0. The Morgan fingerprint density at radius 3 is 2.95 bits per heavy atom. The van der Waals surface area contributed by atoms with Crippen molar-refractivity contribution in [3.63, 3.8) is 0 Å². The summed E-state index contributed by atoms with van der Waals surface area (Å²) in [4.78, 5) is 23.7. The highest BCUT2D eigenvalue weighted by molar-refractivity contribution is 9.11. The first-order valence-corrected chi connectivity index (χ1v) is 7.38. The van der Waals surface area contributed by atoms with E-state index in [1.165, 1.54) is 0 Å². The van der Waals surface area contributed by atoms with Gasteiger partial charge in [-0.05, 0) is 37.9 Å². The van der Waals surface area contributed by atoms with Gasteiger partial charge in [-0.1, -0.05) is 0 Å². The van der Waals surface area contributed by atoms with Crippen molar-refractivity contribution in [2.45, 2.75) is 13.0 Å². The SMILES string of the molecule is O=c1[nH]c(-c2ncc(Br)cc2Br)nc2c1CNCC2. The van der Waals surface area contributed by atoms with Crippen LogP contribution >= 0.6 is 31.9 Å². The quantitative estimate of drug-likeness (QED) is 0.787. The molecule has 0 atom stereocenters. The molecular weight excluding hydrogens is 376 g/mol. The van der Waals surface area contributed by atoms with Gasteiger partial charge in [0.1, 0.15) is 5.69 Å². The summed E-state index contributed by atoms with van der Waals surface area (Å²) in [5.41, 5.74) is 2.13. The number of nitrogens with zero attached hydrogens (tertiary/aromatic N) is 2. The molecular formula is C12H10Br2N4O. The van der Waals surface area contributed by atoms with Crippen LogP contribution in [0.3, 0.4) is 0 Å². The summed E-state index contributed by atoms with van der Waals surface area (Å²) < 4.78 is 1.66. The number of nitrogens with one attached hydrogen (secondary N) is 2. The van der Waals surface area contributed by atoms with Gasteiger partial charge in [-0.15, -0.1) is 0 Å². The largest absolute Gasteiger partial charge is 0.312 e. The van der Waals surface area contributed by atoms with E-state index in [9.17, 15) is 4.79 Å². The lowest BCUT2D eigenvalue weighted by molar-refractivity contribution is 0.621. The molecule has 0 radical (unpaired) electrons. The van der Waals surface area contributed by atoms with Crippen molar-refractivity contribution in [2.75, 3.05) is 6.54 Å². The minimum absolute atomic E-state index is 0.0937. The van der Waals surface area contributed by atoms with Crippen LogP contribution < -0.4 is 10.9 Å². The van der Waals surface area contributed by atoms with Crippen LogP contribution in [0.1, 0.15) is 11.3 Å². The Hall–Kier alpha value is -1.05. The molecule has 2 aromatic heterocycles. The molecule has 5 nitrogen and oxygen atoms in total. The minimum atomic E-state index is -0.0937. The fraction of sp³-hybridized carbons (Fsp3) is 0.250. The smallest absolute Gasteiger partial charge is 0.255 e. The average Bonchev–Trinajstić information content (AvgIpc) is 2.38. The molecule has 0 bridgehead atoms. The molecule has 3 rings (SSSR count). The topological polar surface area (TPSA) is 70.7 Å². The van der Waals surface area contributed by atoms with Gasteiger partial charge in [-0.2, -0.15) is 0 Å². The van der Waals surface area contributed by atoms with Crippen molar-refractivity contribution in [3.05, 3.63) is 42.8 Å². The first kappa shape index (κ1) is 13.0. The number of aromatic amines is 1. The van der Waals surface area contributed by atoms with Crippen LogP contribution in [-0.2, 0) is 13.0 Å². The van der Waals surface area contributed by atoms with Gasteiger partial charge >= 0.3 is 0 Å². The summed E-state index contributed by atoms with van der Waals surface area (Å²) in [6.45, 7) is 1.42. The van der Waals surface area contributed by atoms with Gasteiger partial charge in [-0.3, -0.25) is 9.78 Å². The molecule has 0 saturated heterocycles. The van der Waals surface area contributed by atoms with Gasteiger partial charge in [0.2, 0.25) is 0 Å². The van der Waals surface area contributed by atoms with Crippen molar-refractivity contribution in [3.8, 4) is 11.5 Å². The molecule has 98 valence electrons. The molecule has 0 fully saturated rings. The molecule has 1 aliphatic heterocycles. The minimum Gasteiger partial charge on any atom is -0.312 e. The molecule has 1 aliphatic rings. The van der Waals surface area contributed by atoms with Crippen LogP contribution in [0.4, 0.5) is 0 Å². The summed E-state index contributed by atoms with van der Waals surface area (Å²) in [5, 5.41) is 3.17. The van der Waals surface area contributed by atoms with E-state index in [2.05, 4.69) is 52.1 Å². The van der Waals surface area contributed by atoms with Crippen molar-refractivity contribution in [2.24, 2.45) is 0 Å². The molecule has 2 aromatic rings. The zero-order valence-electron chi connectivity index (χ0n) is 9.83. The predicted octanol–water partition coefficient (Wildman–Crippen LogP) is 2.00. The van der Waals surface area contributed by atoms with Crippen molar-refractivity contribution < 1.29 is 0 Å². The Kier molecular flexibility index (Phi) is 3.51. The molecule has 0 saturated carbocycles. The van der Waals surface area contributed by atoms with Gasteiger partial charge < -0.3 is 10.3 Å². The fourth-order valence-electron chi connectivity index (χ4n) is 2.05. The summed E-state index contributed by atoms with van der Waals surface area (Å²) in [5.74, 6) is 0.505. The lowest BCUT2D eigenvalue weighted by Gasteiger charge is -2.15. The normalized spacial score (nSPS) is 14.2. The van der Waals surface area contributed by atoms with E-state index in [1.807, 2.05) is 6.07 Å². The highest BCUT2D eigenvalue weighted by Crippen LogP contribution is 2.26. The third kappa shape index (κ3) is 2.50. The van der Waals surface area contributed by atoms with Gasteiger partial charge in [0, 0.05) is 34.7 Å². The number of fused-ring (bicyclic) bond motifs is 1. The fourth-order valence-corrected chi connectivity index (χ4v) is 3.23. The summed E-state index contributed by atoms with van der Waals surface area (Å²) >= 11 is 6.79. The lowest BCUT2D eigenvalue weighted by atomic mass is 10.1. The highest BCUT2D eigenvalue weighted by Gasteiger charge is 2.17. The predicted molar refractivity (Wildman–Crippen MR) is 78.9 cm³/mol. The molecule has 2 N–H and O–H groups in total. The monoisotopic (exact) mass is 384 g/mol. The number of pyridine rings is 1. The van der Waals surface area contributed by atoms with E-state index in [0.717, 1.165) is 33.2 Å². The second-order valence-corrected chi connectivity index (χ2v) is 6.02. The van der Waals surface area contributed by atoms with Gasteiger partial charge in [0.05, 0.1) is 11.3 Å². The Balaban J connectivity index is 2.15. The molecule has 0 aliphatic carbocycles. The van der Waals surface area contributed by atoms with Gasteiger partial charge in [0.25, 0.3) is 5.56 Å². The van der Waals surface area contributed by atoms with Crippen molar-refractivity contribution >= 4 is 31.9 Å². The number of rotatable bonds is 1. The van der Waals surface area contributed by atoms with E-state index in [0.29, 0.717) is 18.1 Å². The molecule has 0 aromatic carbocycles. The number of aromatic nitrogens is 3. The molecule has 0 spiro atoms. The van der Waals surface area contributed by atoms with Gasteiger partial charge in [0.15, 0.2) is 5.82 Å². The Bertz CT molecular complexity index is 699. The Morgan fingerprint density at radius 1 is 1.32 bits per heavy atom. The maximum Gasteiger partial charge on any atom is 0.255 e. The van der Waals surface area contributed by atoms with Crippen LogP contribution in [0, 0.1) is 0 Å². The van der Waals surface area contributed by atoms with Crippen LogP contribution in [0.5, 0.6) is 0 Å². The zero-order chi connectivity index (χ0) is 13.4. The Morgan fingerprint density at radius 2 is 2.16 bits per heavy atom. The third-order valence-corrected chi connectivity index (χ3v) is 4.01. The van der Waals surface area contributed by atoms with E-state index >= 15 is 0 Å². The highest BCUT2D eigenvalue weighted by atomic mass is 79.9. The van der Waals surface area contributed by atoms with Crippen LogP contribution in [0.25, 0.3) is 11.5 Å². The van der Waals surface area contributed by atoms with E-state index < -0.39 is 0 Å². The molecule has 3 heterocycles. The first-order chi connectivity index (χ1) is 9.15. The molecule has 19 heavy (non-hydrogen) atoms. The van der Waals surface area contributed by atoms with E-state index in [4.69, 9.17) is 0 Å². The number of halogens is 2. The maximum absolute atomic E-state index is 12.0.